The van der Waals surface area contributed by atoms with Gasteiger partial charge in [0, 0.05) is 51.5 Å². The molecule has 0 N–H and O–H groups in total. The molecule has 2 saturated heterocycles. The van der Waals surface area contributed by atoms with Crippen LogP contribution in [0.4, 0.5) is 0 Å². The van der Waals surface area contributed by atoms with Gasteiger partial charge in [-0.1, -0.05) is 0 Å². The summed E-state index contributed by atoms with van der Waals surface area (Å²) in [7, 11) is -2.09. The van der Waals surface area contributed by atoms with Crippen LogP contribution in [0.1, 0.15) is 62.7 Å². The summed E-state index contributed by atoms with van der Waals surface area (Å²) in [5, 5.41) is 4.56. The number of carbonyl (C=O) groups is 2. The summed E-state index contributed by atoms with van der Waals surface area (Å²) in [4.78, 5) is 37.9. The molecule has 3 aliphatic rings. The van der Waals surface area contributed by atoms with Crippen LogP contribution in [0, 0.1) is 0 Å². The SMILES string of the molecule is COCCn1nc(C2CCCN(S(=O)(=O)CCN3C(=O)CCCC3=O)C2)n(C2CC2)c1=O. The predicted molar refractivity (Wildman–Crippen MR) is 115 cm³/mol. The van der Waals surface area contributed by atoms with E-state index in [-0.39, 0.29) is 61.1 Å². The Morgan fingerprint density at radius 2 is 1.75 bits per heavy atom. The third kappa shape index (κ3) is 4.81. The van der Waals surface area contributed by atoms with Gasteiger partial charge in [-0.05, 0) is 32.1 Å². The largest absolute Gasteiger partial charge is 0.383 e. The number of imide groups is 1. The summed E-state index contributed by atoms with van der Waals surface area (Å²) < 4.78 is 35.7. The first-order valence-electron chi connectivity index (χ1n) is 11.3. The Balaban J connectivity index is 1.48. The van der Waals surface area contributed by atoms with Gasteiger partial charge in [-0.25, -0.2) is 22.2 Å². The lowest BCUT2D eigenvalue weighted by molar-refractivity contribution is -0.147. The van der Waals surface area contributed by atoms with E-state index in [0.717, 1.165) is 24.2 Å². The molecule has 2 amide bonds. The van der Waals surface area contributed by atoms with E-state index in [4.69, 9.17) is 4.74 Å². The van der Waals surface area contributed by atoms with Crippen LogP contribution in [0.25, 0.3) is 0 Å². The normalized spacial score (nSPS) is 23.2. The van der Waals surface area contributed by atoms with Gasteiger partial charge < -0.3 is 4.74 Å². The maximum Gasteiger partial charge on any atom is 0.346 e. The standard InChI is InChI=1S/C20H31N5O6S/c1-31-12-10-24-20(28)25(16-7-8-16)19(21-24)15-4-3-9-22(14-15)32(29,30)13-11-23-17(26)5-2-6-18(23)27/h15-16H,2-14H2,1H3. The fraction of sp³-hybridized carbons (Fsp3) is 0.800. The van der Waals surface area contributed by atoms with E-state index in [1.807, 2.05) is 0 Å². The first-order chi connectivity index (χ1) is 15.3. The molecule has 11 nitrogen and oxygen atoms in total. The Labute approximate surface area is 187 Å². The number of hydrogen-bond acceptors (Lipinski definition) is 7. The molecule has 1 atom stereocenters. The molecule has 178 valence electrons. The third-order valence-corrected chi connectivity index (χ3v) is 8.23. The van der Waals surface area contributed by atoms with Gasteiger partial charge in [0.2, 0.25) is 21.8 Å². The van der Waals surface area contributed by atoms with Crippen molar-refractivity contribution in [1.29, 1.82) is 0 Å². The van der Waals surface area contributed by atoms with Crippen LogP contribution in [-0.4, -0.2) is 82.9 Å². The second kappa shape index (κ2) is 9.44. The number of aromatic nitrogens is 3. The molecule has 4 rings (SSSR count). The van der Waals surface area contributed by atoms with Crippen LogP contribution in [0.15, 0.2) is 4.79 Å². The van der Waals surface area contributed by atoms with Crippen molar-refractivity contribution >= 4 is 21.8 Å². The smallest absolute Gasteiger partial charge is 0.346 e. The molecule has 1 saturated carbocycles. The molecule has 0 spiro atoms. The molecule has 2 aliphatic heterocycles. The summed E-state index contributed by atoms with van der Waals surface area (Å²) in [5.41, 5.74) is -0.165. The van der Waals surface area contributed by atoms with E-state index in [1.165, 1.54) is 8.99 Å². The lowest BCUT2D eigenvalue weighted by Gasteiger charge is -2.32. The first-order valence-corrected chi connectivity index (χ1v) is 12.9. The zero-order valence-electron chi connectivity index (χ0n) is 18.4. The number of likely N-dealkylation sites (tertiary alicyclic amines) is 1. The van der Waals surface area contributed by atoms with Crippen LogP contribution >= 0.6 is 0 Å². The van der Waals surface area contributed by atoms with E-state index in [0.29, 0.717) is 38.4 Å². The minimum Gasteiger partial charge on any atom is -0.383 e. The number of ether oxygens (including phenoxy) is 1. The number of hydrogen-bond donors (Lipinski definition) is 0. The Bertz CT molecular complexity index is 1010. The lowest BCUT2D eigenvalue weighted by Crippen LogP contribution is -2.46. The molecule has 1 aromatic heterocycles. The van der Waals surface area contributed by atoms with Crippen LogP contribution < -0.4 is 5.69 Å². The Morgan fingerprint density at radius 1 is 1.03 bits per heavy atom. The maximum absolute atomic E-state index is 13.0. The lowest BCUT2D eigenvalue weighted by atomic mass is 9.99. The summed E-state index contributed by atoms with van der Waals surface area (Å²) in [6, 6.07) is 0.136. The second-order valence-electron chi connectivity index (χ2n) is 8.76. The highest BCUT2D eigenvalue weighted by molar-refractivity contribution is 7.89. The molecule has 32 heavy (non-hydrogen) atoms. The summed E-state index contributed by atoms with van der Waals surface area (Å²) >= 11 is 0. The molecule has 1 aliphatic carbocycles. The van der Waals surface area contributed by atoms with Crippen molar-refractivity contribution in [2.24, 2.45) is 0 Å². The van der Waals surface area contributed by atoms with Gasteiger partial charge in [-0.2, -0.15) is 5.10 Å². The Morgan fingerprint density at radius 3 is 2.41 bits per heavy atom. The molecule has 12 heteroatoms. The highest BCUT2D eigenvalue weighted by atomic mass is 32.2. The topological polar surface area (TPSA) is 124 Å². The monoisotopic (exact) mass is 469 g/mol. The van der Waals surface area contributed by atoms with Crippen molar-refractivity contribution in [3.8, 4) is 0 Å². The van der Waals surface area contributed by atoms with E-state index in [2.05, 4.69) is 5.10 Å². The Hall–Kier alpha value is -2.05. The van der Waals surface area contributed by atoms with E-state index < -0.39 is 10.0 Å². The fourth-order valence-corrected chi connectivity index (χ4v) is 5.99. The molecule has 3 heterocycles. The van der Waals surface area contributed by atoms with E-state index in [1.54, 1.807) is 11.7 Å². The van der Waals surface area contributed by atoms with Gasteiger partial charge in [0.25, 0.3) is 0 Å². The number of methoxy groups -OCH3 is 1. The number of amides is 2. The molecular formula is C20H31N5O6S. The molecular weight excluding hydrogens is 438 g/mol. The van der Waals surface area contributed by atoms with Gasteiger partial charge in [0.1, 0.15) is 5.82 Å². The minimum absolute atomic E-state index is 0.112. The number of sulfonamides is 1. The van der Waals surface area contributed by atoms with Crippen LogP contribution in [0.2, 0.25) is 0 Å². The van der Waals surface area contributed by atoms with Crippen molar-refractivity contribution < 1.29 is 22.7 Å². The second-order valence-corrected chi connectivity index (χ2v) is 10.9. The van der Waals surface area contributed by atoms with Crippen LogP contribution in [-0.2, 0) is 30.9 Å². The summed E-state index contributed by atoms with van der Waals surface area (Å²) in [5.74, 6) is -0.413. The average molecular weight is 470 g/mol. The molecule has 3 fully saturated rings. The van der Waals surface area contributed by atoms with Crippen molar-refractivity contribution in [3.05, 3.63) is 16.3 Å². The number of nitrogens with zero attached hydrogens (tertiary/aromatic N) is 5. The van der Waals surface area contributed by atoms with Crippen molar-refractivity contribution in [2.45, 2.75) is 63.5 Å². The van der Waals surface area contributed by atoms with E-state index in [9.17, 15) is 22.8 Å². The quantitative estimate of drug-likeness (QED) is 0.469. The molecule has 1 aromatic rings. The Kier molecular flexibility index (Phi) is 6.82. The van der Waals surface area contributed by atoms with Crippen LogP contribution in [0.3, 0.4) is 0 Å². The van der Waals surface area contributed by atoms with Gasteiger partial charge >= 0.3 is 5.69 Å². The zero-order chi connectivity index (χ0) is 22.9. The van der Waals surface area contributed by atoms with Gasteiger partial charge in [0.05, 0.1) is 18.9 Å². The van der Waals surface area contributed by atoms with Gasteiger partial charge in [-0.15, -0.1) is 0 Å². The first kappa shape index (κ1) is 23.1. The average Bonchev–Trinajstić information content (AvgIpc) is 3.55. The number of piperidine rings is 2. The van der Waals surface area contributed by atoms with Crippen molar-refractivity contribution in [2.75, 3.05) is 39.1 Å². The maximum atomic E-state index is 13.0. The molecule has 1 unspecified atom stereocenters. The molecule has 0 bridgehead atoms. The number of carbonyl (C=O) groups excluding carboxylic acids is 2. The highest BCUT2D eigenvalue weighted by Gasteiger charge is 2.37. The van der Waals surface area contributed by atoms with Crippen molar-refractivity contribution in [1.82, 2.24) is 23.6 Å². The fourth-order valence-electron chi connectivity index (χ4n) is 4.51. The van der Waals surface area contributed by atoms with Crippen LogP contribution in [0.5, 0.6) is 0 Å². The molecule has 0 aromatic carbocycles. The molecule has 0 radical (unpaired) electrons. The predicted octanol–water partition coefficient (Wildman–Crippen LogP) is 0.0744. The minimum atomic E-state index is -3.66. The summed E-state index contributed by atoms with van der Waals surface area (Å²) in [6.45, 7) is 1.25. The van der Waals surface area contributed by atoms with Gasteiger partial charge in [-0.3, -0.25) is 19.1 Å². The van der Waals surface area contributed by atoms with Gasteiger partial charge in [0.15, 0.2) is 0 Å². The van der Waals surface area contributed by atoms with E-state index >= 15 is 0 Å². The van der Waals surface area contributed by atoms with Crippen molar-refractivity contribution in [3.63, 3.8) is 0 Å². The highest BCUT2D eigenvalue weighted by Crippen LogP contribution is 2.37. The number of rotatable bonds is 9. The summed E-state index contributed by atoms with van der Waals surface area (Å²) in [6.07, 6.45) is 4.35. The zero-order valence-corrected chi connectivity index (χ0v) is 19.3. The third-order valence-electron chi connectivity index (χ3n) is 6.42.